The number of anilines is 1. The number of aliphatic hydroxyl groups is 1. The van der Waals surface area contributed by atoms with Gasteiger partial charge in [-0.25, -0.2) is 4.79 Å². The summed E-state index contributed by atoms with van der Waals surface area (Å²) in [7, 11) is 1.50. The Labute approximate surface area is 116 Å². The summed E-state index contributed by atoms with van der Waals surface area (Å²) in [5.74, 6) is 0.433. The smallest absolute Gasteiger partial charge is 0.319 e. The van der Waals surface area contributed by atoms with Crippen LogP contribution in [0.1, 0.15) is 12.8 Å². The minimum absolute atomic E-state index is 0.105. The Bertz CT molecular complexity index is 475. The van der Waals surface area contributed by atoms with Gasteiger partial charge in [-0.3, -0.25) is 0 Å². The molecule has 1 aliphatic carbocycles. The fourth-order valence-corrected chi connectivity index (χ4v) is 2.07. The number of rotatable bonds is 5. The van der Waals surface area contributed by atoms with E-state index < -0.39 is 0 Å². The van der Waals surface area contributed by atoms with Gasteiger partial charge < -0.3 is 20.5 Å². The van der Waals surface area contributed by atoms with Crippen LogP contribution in [0.5, 0.6) is 5.75 Å². The van der Waals surface area contributed by atoms with Gasteiger partial charge in [-0.15, -0.1) is 0 Å². The molecule has 5 nitrogen and oxygen atoms in total. The first-order valence-electron chi connectivity index (χ1n) is 6.08. The molecule has 0 aliphatic heterocycles. The van der Waals surface area contributed by atoms with Gasteiger partial charge in [0.15, 0.2) is 5.75 Å². The second-order valence-electron chi connectivity index (χ2n) is 4.79. The molecule has 104 valence electrons. The van der Waals surface area contributed by atoms with Crippen LogP contribution in [0.25, 0.3) is 0 Å². The number of urea groups is 1. The molecule has 0 atom stereocenters. The number of nitrogens with one attached hydrogen (secondary N) is 2. The molecule has 0 unspecified atom stereocenters. The Morgan fingerprint density at radius 3 is 2.84 bits per heavy atom. The SMILES string of the molecule is COc1c(Cl)cccc1NC(=O)NCC1(CO)CC1. The number of hydrogen-bond acceptors (Lipinski definition) is 3. The lowest BCUT2D eigenvalue weighted by Crippen LogP contribution is -2.35. The molecule has 0 aromatic heterocycles. The predicted octanol–water partition coefficient (Wildman–Crippen LogP) is 2.24. The van der Waals surface area contributed by atoms with Crippen molar-refractivity contribution in [1.82, 2.24) is 5.32 Å². The van der Waals surface area contributed by atoms with Crippen LogP contribution in [0.4, 0.5) is 10.5 Å². The van der Waals surface area contributed by atoms with Crippen LogP contribution in [0.15, 0.2) is 18.2 Å². The third-order valence-electron chi connectivity index (χ3n) is 3.34. The van der Waals surface area contributed by atoms with Gasteiger partial charge in [-0.1, -0.05) is 17.7 Å². The molecule has 0 heterocycles. The number of aliphatic hydroxyl groups excluding tert-OH is 1. The van der Waals surface area contributed by atoms with Gasteiger partial charge in [0.2, 0.25) is 0 Å². The summed E-state index contributed by atoms with van der Waals surface area (Å²) in [5, 5.41) is 15.0. The second-order valence-corrected chi connectivity index (χ2v) is 5.19. The number of carbonyl (C=O) groups is 1. The Hall–Kier alpha value is -1.46. The predicted molar refractivity (Wildman–Crippen MR) is 73.8 cm³/mol. The number of para-hydroxylation sites is 1. The van der Waals surface area contributed by atoms with Gasteiger partial charge in [-0.2, -0.15) is 0 Å². The molecular formula is C13H17ClN2O3. The highest BCUT2D eigenvalue weighted by Crippen LogP contribution is 2.44. The standard InChI is InChI=1S/C13H17ClN2O3/c1-19-11-9(14)3-2-4-10(11)16-12(18)15-7-13(8-17)5-6-13/h2-4,17H,5-8H2,1H3,(H2,15,16,18). The first-order valence-corrected chi connectivity index (χ1v) is 6.46. The summed E-state index contributed by atoms with van der Waals surface area (Å²) in [6, 6.07) is 4.80. The molecule has 0 radical (unpaired) electrons. The highest BCUT2D eigenvalue weighted by Gasteiger charge is 2.42. The molecule has 2 rings (SSSR count). The topological polar surface area (TPSA) is 70.6 Å². The number of halogens is 1. The van der Waals surface area contributed by atoms with E-state index in [2.05, 4.69) is 10.6 Å². The molecule has 0 spiro atoms. The minimum atomic E-state index is -0.333. The van der Waals surface area contributed by atoms with Crippen molar-refractivity contribution in [3.8, 4) is 5.75 Å². The monoisotopic (exact) mass is 284 g/mol. The van der Waals surface area contributed by atoms with Crippen LogP contribution in [-0.4, -0.2) is 31.4 Å². The summed E-state index contributed by atoms with van der Waals surface area (Å²) in [6.45, 7) is 0.575. The lowest BCUT2D eigenvalue weighted by molar-refractivity contribution is 0.206. The van der Waals surface area contributed by atoms with E-state index in [1.807, 2.05) is 0 Å². The van der Waals surface area contributed by atoms with E-state index in [0.29, 0.717) is 23.0 Å². The number of benzene rings is 1. The van der Waals surface area contributed by atoms with E-state index in [1.54, 1.807) is 18.2 Å². The zero-order valence-electron chi connectivity index (χ0n) is 10.7. The quantitative estimate of drug-likeness (QED) is 0.776. The van der Waals surface area contributed by atoms with E-state index in [4.69, 9.17) is 21.4 Å². The Balaban J connectivity index is 1.93. The van der Waals surface area contributed by atoms with Gasteiger partial charge >= 0.3 is 6.03 Å². The number of methoxy groups -OCH3 is 1. The third-order valence-corrected chi connectivity index (χ3v) is 3.63. The molecule has 3 N–H and O–H groups in total. The molecule has 1 fully saturated rings. The molecule has 6 heteroatoms. The maximum Gasteiger partial charge on any atom is 0.319 e. The Morgan fingerprint density at radius 2 is 2.26 bits per heavy atom. The van der Waals surface area contributed by atoms with Crippen molar-refractivity contribution in [1.29, 1.82) is 0 Å². The molecule has 0 bridgehead atoms. The van der Waals surface area contributed by atoms with Crippen molar-refractivity contribution in [2.45, 2.75) is 12.8 Å². The third kappa shape index (κ3) is 3.30. The van der Waals surface area contributed by atoms with E-state index in [1.165, 1.54) is 7.11 Å². The van der Waals surface area contributed by atoms with Crippen LogP contribution in [-0.2, 0) is 0 Å². The zero-order chi connectivity index (χ0) is 13.9. The van der Waals surface area contributed by atoms with Crippen LogP contribution >= 0.6 is 11.6 Å². The van der Waals surface area contributed by atoms with Crippen molar-refractivity contribution < 1.29 is 14.6 Å². The van der Waals surface area contributed by atoms with Crippen LogP contribution in [0.2, 0.25) is 5.02 Å². The number of hydrogen-bond donors (Lipinski definition) is 3. The lowest BCUT2D eigenvalue weighted by Gasteiger charge is -2.15. The average Bonchev–Trinajstić information content (AvgIpc) is 3.17. The molecule has 0 saturated heterocycles. The van der Waals surface area contributed by atoms with Crippen LogP contribution in [0.3, 0.4) is 0 Å². The maximum atomic E-state index is 11.8. The summed E-state index contributed by atoms with van der Waals surface area (Å²) in [4.78, 5) is 11.8. The highest BCUT2D eigenvalue weighted by atomic mass is 35.5. The van der Waals surface area contributed by atoms with Gasteiger partial charge in [0.25, 0.3) is 0 Å². The van der Waals surface area contributed by atoms with Crippen molar-refractivity contribution in [3.63, 3.8) is 0 Å². The molecule has 1 aromatic carbocycles. The molecule has 1 saturated carbocycles. The molecule has 1 aromatic rings. The second kappa shape index (κ2) is 5.67. The van der Waals surface area contributed by atoms with E-state index in [9.17, 15) is 4.79 Å². The molecule has 2 amide bonds. The van der Waals surface area contributed by atoms with Crippen molar-refractivity contribution >= 4 is 23.3 Å². The van der Waals surface area contributed by atoms with Gasteiger partial charge in [0.1, 0.15) is 0 Å². The summed E-state index contributed by atoms with van der Waals surface area (Å²) in [6.07, 6.45) is 1.90. The number of ether oxygens (including phenoxy) is 1. The van der Waals surface area contributed by atoms with Crippen molar-refractivity contribution in [3.05, 3.63) is 23.2 Å². The summed E-state index contributed by atoms with van der Waals surface area (Å²) < 4.78 is 5.14. The minimum Gasteiger partial charge on any atom is -0.493 e. The van der Waals surface area contributed by atoms with Gasteiger partial charge in [-0.05, 0) is 25.0 Å². The number of carbonyl (C=O) groups excluding carboxylic acids is 1. The van der Waals surface area contributed by atoms with Crippen LogP contribution < -0.4 is 15.4 Å². The lowest BCUT2D eigenvalue weighted by atomic mass is 10.1. The average molecular weight is 285 g/mol. The maximum absolute atomic E-state index is 11.8. The van der Waals surface area contributed by atoms with Crippen LogP contribution in [0, 0.1) is 5.41 Å². The zero-order valence-corrected chi connectivity index (χ0v) is 11.5. The number of amides is 2. The van der Waals surface area contributed by atoms with Crippen molar-refractivity contribution in [2.24, 2.45) is 5.41 Å². The summed E-state index contributed by atoms with van der Waals surface area (Å²) >= 11 is 5.97. The van der Waals surface area contributed by atoms with E-state index in [-0.39, 0.29) is 18.1 Å². The van der Waals surface area contributed by atoms with Gasteiger partial charge in [0, 0.05) is 12.0 Å². The fraction of sp³-hybridized carbons (Fsp3) is 0.462. The van der Waals surface area contributed by atoms with E-state index >= 15 is 0 Å². The van der Waals surface area contributed by atoms with Gasteiger partial charge in [0.05, 0.1) is 24.4 Å². The normalized spacial score (nSPS) is 15.7. The molecule has 19 heavy (non-hydrogen) atoms. The highest BCUT2D eigenvalue weighted by molar-refractivity contribution is 6.32. The Kier molecular flexibility index (Phi) is 4.17. The molecular weight excluding hydrogens is 268 g/mol. The fourth-order valence-electron chi connectivity index (χ4n) is 1.82. The van der Waals surface area contributed by atoms with E-state index in [0.717, 1.165) is 12.8 Å². The first-order chi connectivity index (χ1) is 9.10. The van der Waals surface area contributed by atoms with Crippen molar-refractivity contribution in [2.75, 3.05) is 25.6 Å². The first kappa shape index (κ1) is 14.0. The molecule has 1 aliphatic rings. The largest absolute Gasteiger partial charge is 0.493 e. The Morgan fingerprint density at radius 1 is 1.53 bits per heavy atom. The summed E-state index contributed by atoms with van der Waals surface area (Å²) in [5.41, 5.74) is 0.400.